The van der Waals surface area contributed by atoms with E-state index in [0.717, 1.165) is 13.3 Å². The lowest BCUT2D eigenvalue weighted by Crippen LogP contribution is -2.21. The van der Waals surface area contributed by atoms with Crippen LogP contribution in [-0.2, 0) is 0 Å². The first kappa shape index (κ1) is 18.0. The van der Waals surface area contributed by atoms with E-state index in [1.54, 1.807) is 0 Å². The Kier molecular flexibility index (Phi) is 3.96. The molecule has 0 N–H and O–H groups in total. The molecule has 5 heteroatoms. The Morgan fingerprint density at radius 1 is 0.548 bits per heavy atom. The first-order valence-electron chi connectivity index (χ1n) is 10.6. The summed E-state index contributed by atoms with van der Waals surface area (Å²) in [6, 6.07) is 24.3. The average Bonchev–Trinajstić information content (AvgIpc) is 3.50. The summed E-state index contributed by atoms with van der Waals surface area (Å²) in [5.41, 5.74) is 6.04. The van der Waals surface area contributed by atoms with Gasteiger partial charge in [-0.05, 0) is 36.4 Å². The number of hydrogen-bond acceptors (Lipinski definition) is 4. The number of fused-ring (bicyclic) bond motifs is 3. The Bertz CT molecular complexity index is 1350. The van der Waals surface area contributed by atoms with Crippen molar-refractivity contribution < 1.29 is 0 Å². The fraction of sp³-hybridized carbons (Fsp3) is 0.154. The standard InChI is InChI=1S/C26H25N5/c1-27-12-14-29(18-27)20-6-5-7-22(16-20)31-25-9-4-3-8-23(25)24-11-10-21(17-26(24)31)30-15-13-28(2)19-30/h3-17H,18-19H2,1-2H3. The fourth-order valence-corrected chi connectivity index (χ4v) is 4.62. The van der Waals surface area contributed by atoms with Crippen molar-refractivity contribution in [3.63, 3.8) is 0 Å². The van der Waals surface area contributed by atoms with E-state index in [0.29, 0.717) is 0 Å². The zero-order chi connectivity index (χ0) is 20.9. The molecule has 0 unspecified atom stereocenters. The van der Waals surface area contributed by atoms with Gasteiger partial charge in [-0.1, -0.05) is 30.3 Å². The van der Waals surface area contributed by atoms with Crippen LogP contribution in [0.1, 0.15) is 0 Å². The van der Waals surface area contributed by atoms with Gasteiger partial charge in [0.1, 0.15) is 0 Å². The third-order valence-corrected chi connectivity index (χ3v) is 6.16. The number of hydrogen-bond donors (Lipinski definition) is 0. The van der Waals surface area contributed by atoms with Gasteiger partial charge in [-0.2, -0.15) is 0 Å². The monoisotopic (exact) mass is 407 g/mol. The molecule has 154 valence electrons. The first-order valence-corrected chi connectivity index (χ1v) is 10.6. The molecule has 2 aliphatic rings. The molecule has 0 radical (unpaired) electrons. The second-order valence-corrected chi connectivity index (χ2v) is 8.41. The van der Waals surface area contributed by atoms with Crippen molar-refractivity contribution in [1.82, 2.24) is 14.4 Å². The molecular weight excluding hydrogens is 382 g/mol. The summed E-state index contributed by atoms with van der Waals surface area (Å²) in [4.78, 5) is 8.92. The summed E-state index contributed by atoms with van der Waals surface area (Å²) in [6.45, 7) is 1.74. The second-order valence-electron chi connectivity index (χ2n) is 8.41. The summed E-state index contributed by atoms with van der Waals surface area (Å²) in [5, 5.41) is 2.56. The largest absolute Gasteiger partial charge is 0.361 e. The van der Waals surface area contributed by atoms with Crippen LogP contribution in [0.25, 0.3) is 27.5 Å². The molecule has 1 aromatic heterocycles. The third kappa shape index (κ3) is 2.93. The van der Waals surface area contributed by atoms with Gasteiger partial charge >= 0.3 is 0 Å². The van der Waals surface area contributed by atoms with Gasteiger partial charge in [0.05, 0.1) is 24.4 Å². The van der Waals surface area contributed by atoms with Gasteiger partial charge in [0.25, 0.3) is 0 Å². The molecular formula is C26H25N5. The van der Waals surface area contributed by atoms with E-state index in [4.69, 9.17) is 0 Å². The molecule has 0 aliphatic carbocycles. The molecule has 2 aliphatic heterocycles. The van der Waals surface area contributed by atoms with Crippen LogP contribution >= 0.6 is 0 Å². The molecule has 3 aromatic carbocycles. The number of benzene rings is 3. The molecule has 5 nitrogen and oxygen atoms in total. The molecule has 3 heterocycles. The predicted octanol–water partition coefficient (Wildman–Crippen LogP) is 5.14. The van der Waals surface area contributed by atoms with E-state index in [1.807, 2.05) is 0 Å². The van der Waals surface area contributed by atoms with Crippen LogP contribution in [0.5, 0.6) is 0 Å². The van der Waals surface area contributed by atoms with Crippen LogP contribution in [0.4, 0.5) is 11.4 Å². The molecule has 0 saturated carbocycles. The van der Waals surface area contributed by atoms with E-state index in [1.165, 1.54) is 38.9 Å². The van der Waals surface area contributed by atoms with E-state index in [-0.39, 0.29) is 0 Å². The second kappa shape index (κ2) is 6.84. The lowest BCUT2D eigenvalue weighted by molar-refractivity contribution is 0.495. The lowest BCUT2D eigenvalue weighted by Gasteiger charge is -2.20. The minimum Gasteiger partial charge on any atom is -0.361 e. The highest BCUT2D eigenvalue weighted by Gasteiger charge is 2.17. The van der Waals surface area contributed by atoms with Crippen molar-refractivity contribution in [2.24, 2.45) is 0 Å². The van der Waals surface area contributed by atoms with E-state index in [2.05, 4.69) is 130 Å². The van der Waals surface area contributed by atoms with Crippen LogP contribution in [0.2, 0.25) is 0 Å². The number of rotatable bonds is 3. The maximum atomic E-state index is 2.39. The summed E-state index contributed by atoms with van der Waals surface area (Å²) in [5.74, 6) is 0. The number of aromatic nitrogens is 1. The SMILES string of the molecule is CN1C=CN(c2cccc(-n3c4ccccc4c4ccc(N5C=CN(C)C5)cc43)c2)C1. The number of anilines is 2. The third-order valence-electron chi connectivity index (χ3n) is 6.16. The minimum atomic E-state index is 0.871. The quantitative estimate of drug-likeness (QED) is 0.467. The van der Waals surface area contributed by atoms with E-state index >= 15 is 0 Å². The highest BCUT2D eigenvalue weighted by molar-refractivity contribution is 6.10. The van der Waals surface area contributed by atoms with E-state index < -0.39 is 0 Å². The Labute approximate surface area is 182 Å². The van der Waals surface area contributed by atoms with Gasteiger partial charge in [-0.25, -0.2) is 0 Å². The molecule has 6 rings (SSSR count). The molecule has 0 atom stereocenters. The van der Waals surface area contributed by atoms with E-state index in [9.17, 15) is 0 Å². The van der Waals surface area contributed by atoms with Gasteiger partial charge < -0.3 is 24.2 Å². The lowest BCUT2D eigenvalue weighted by atomic mass is 10.1. The van der Waals surface area contributed by atoms with Crippen LogP contribution in [0.15, 0.2) is 91.5 Å². The molecule has 0 fully saturated rings. The Hall–Kier alpha value is -3.86. The molecule has 0 spiro atoms. The van der Waals surface area contributed by atoms with Gasteiger partial charge in [0.2, 0.25) is 0 Å². The zero-order valence-electron chi connectivity index (χ0n) is 17.8. The maximum Gasteiger partial charge on any atom is 0.0938 e. The van der Waals surface area contributed by atoms with Gasteiger partial charge in [-0.3, -0.25) is 0 Å². The summed E-state index contributed by atoms with van der Waals surface area (Å²) < 4.78 is 2.39. The minimum absolute atomic E-state index is 0.871. The topological polar surface area (TPSA) is 17.9 Å². The predicted molar refractivity (Wildman–Crippen MR) is 129 cm³/mol. The van der Waals surface area contributed by atoms with Gasteiger partial charge in [-0.15, -0.1) is 0 Å². The van der Waals surface area contributed by atoms with Crippen molar-refractivity contribution in [3.8, 4) is 5.69 Å². The Balaban J connectivity index is 1.54. The molecule has 0 amide bonds. The van der Waals surface area contributed by atoms with Gasteiger partial charge in [0, 0.05) is 66.7 Å². The van der Waals surface area contributed by atoms with Crippen LogP contribution in [-0.4, -0.2) is 41.8 Å². The summed E-state index contributed by atoms with van der Waals surface area (Å²) in [6.07, 6.45) is 8.51. The van der Waals surface area contributed by atoms with Crippen molar-refractivity contribution in [2.45, 2.75) is 0 Å². The number of para-hydroxylation sites is 1. The van der Waals surface area contributed by atoms with Crippen molar-refractivity contribution in [2.75, 3.05) is 37.2 Å². The highest BCUT2D eigenvalue weighted by atomic mass is 15.3. The fourth-order valence-electron chi connectivity index (χ4n) is 4.62. The van der Waals surface area contributed by atoms with Crippen molar-refractivity contribution >= 4 is 33.2 Å². The molecule has 0 bridgehead atoms. The summed E-state index contributed by atoms with van der Waals surface area (Å²) >= 11 is 0. The number of nitrogens with zero attached hydrogens (tertiary/aromatic N) is 5. The van der Waals surface area contributed by atoms with Crippen molar-refractivity contribution in [1.29, 1.82) is 0 Å². The van der Waals surface area contributed by atoms with Crippen LogP contribution in [0.3, 0.4) is 0 Å². The first-order chi connectivity index (χ1) is 15.2. The molecule has 31 heavy (non-hydrogen) atoms. The van der Waals surface area contributed by atoms with Crippen molar-refractivity contribution in [3.05, 3.63) is 91.5 Å². The smallest absolute Gasteiger partial charge is 0.0938 e. The maximum absolute atomic E-state index is 2.39. The molecule has 4 aromatic rings. The average molecular weight is 408 g/mol. The van der Waals surface area contributed by atoms with Crippen LogP contribution < -0.4 is 9.80 Å². The van der Waals surface area contributed by atoms with Crippen LogP contribution in [0, 0.1) is 0 Å². The Morgan fingerprint density at radius 3 is 1.90 bits per heavy atom. The van der Waals surface area contributed by atoms with Gasteiger partial charge in [0.15, 0.2) is 0 Å². The Morgan fingerprint density at radius 2 is 1.19 bits per heavy atom. The zero-order valence-corrected chi connectivity index (χ0v) is 17.8. The molecule has 0 saturated heterocycles. The summed E-state index contributed by atoms with van der Waals surface area (Å²) in [7, 11) is 4.20. The highest BCUT2D eigenvalue weighted by Crippen LogP contribution is 2.35. The normalized spacial score (nSPS) is 15.9.